The highest BCUT2D eigenvalue weighted by Gasteiger charge is 2.21. The maximum Gasteiger partial charge on any atom is 0.0731 e. The average Bonchev–Trinajstić information content (AvgIpc) is 2.82. The summed E-state index contributed by atoms with van der Waals surface area (Å²) in [5.74, 6) is 0. The molecule has 1 unspecified atom stereocenters. The lowest BCUT2D eigenvalue weighted by Gasteiger charge is -2.21. The van der Waals surface area contributed by atoms with Crippen LogP contribution in [0.3, 0.4) is 0 Å². The number of rotatable bonds is 6. The molecule has 1 aromatic carbocycles. The van der Waals surface area contributed by atoms with Crippen LogP contribution in [-0.2, 0) is 11.3 Å². The summed E-state index contributed by atoms with van der Waals surface area (Å²) in [5.41, 5.74) is 2.52. The SMILES string of the molecule is COCCNCc1ccccc1N1CCC(O)C1. The monoisotopic (exact) mass is 250 g/mol. The molecule has 0 bridgehead atoms. The van der Waals surface area contributed by atoms with Crippen LogP contribution in [0.5, 0.6) is 0 Å². The first-order chi connectivity index (χ1) is 8.81. The van der Waals surface area contributed by atoms with Gasteiger partial charge in [0.15, 0.2) is 0 Å². The molecular formula is C14H22N2O2. The predicted molar refractivity (Wildman–Crippen MR) is 72.9 cm³/mol. The Morgan fingerprint density at radius 2 is 2.28 bits per heavy atom. The normalized spacial score (nSPS) is 19.4. The van der Waals surface area contributed by atoms with Crippen molar-refractivity contribution in [2.24, 2.45) is 0 Å². The van der Waals surface area contributed by atoms with Crippen molar-refractivity contribution in [3.8, 4) is 0 Å². The molecule has 1 atom stereocenters. The zero-order valence-corrected chi connectivity index (χ0v) is 10.9. The van der Waals surface area contributed by atoms with Crippen molar-refractivity contribution in [1.82, 2.24) is 5.32 Å². The minimum Gasteiger partial charge on any atom is -0.391 e. The molecule has 0 saturated carbocycles. The largest absolute Gasteiger partial charge is 0.391 e. The quantitative estimate of drug-likeness (QED) is 0.739. The fourth-order valence-corrected chi connectivity index (χ4v) is 2.33. The van der Waals surface area contributed by atoms with Crippen LogP contribution in [0.15, 0.2) is 24.3 Å². The molecule has 1 heterocycles. The highest BCUT2D eigenvalue weighted by Crippen LogP contribution is 2.24. The smallest absolute Gasteiger partial charge is 0.0731 e. The maximum absolute atomic E-state index is 9.62. The zero-order chi connectivity index (χ0) is 12.8. The molecule has 0 aliphatic carbocycles. The average molecular weight is 250 g/mol. The minimum atomic E-state index is -0.181. The van der Waals surface area contributed by atoms with Crippen LogP contribution in [0, 0.1) is 0 Å². The van der Waals surface area contributed by atoms with E-state index in [0.717, 1.165) is 39.2 Å². The predicted octanol–water partition coefficient (Wildman–Crippen LogP) is 0.994. The van der Waals surface area contributed by atoms with E-state index in [1.807, 2.05) is 0 Å². The number of methoxy groups -OCH3 is 1. The molecule has 0 aromatic heterocycles. The van der Waals surface area contributed by atoms with Gasteiger partial charge in [0, 0.05) is 39.0 Å². The molecule has 100 valence electrons. The molecule has 2 rings (SSSR count). The summed E-state index contributed by atoms with van der Waals surface area (Å²) < 4.78 is 5.02. The Labute approximate surface area is 109 Å². The molecule has 4 nitrogen and oxygen atoms in total. The summed E-state index contributed by atoms with van der Waals surface area (Å²) in [4.78, 5) is 2.26. The highest BCUT2D eigenvalue weighted by atomic mass is 16.5. The van der Waals surface area contributed by atoms with E-state index >= 15 is 0 Å². The van der Waals surface area contributed by atoms with Gasteiger partial charge in [-0.2, -0.15) is 0 Å². The third-order valence-corrected chi connectivity index (χ3v) is 3.29. The van der Waals surface area contributed by atoms with Gasteiger partial charge in [-0.15, -0.1) is 0 Å². The van der Waals surface area contributed by atoms with Crippen molar-refractivity contribution in [3.63, 3.8) is 0 Å². The number of β-amino-alcohol motifs (C(OH)–C–C–N with tert-alkyl or cyclic N) is 1. The lowest BCUT2D eigenvalue weighted by Crippen LogP contribution is -2.24. The van der Waals surface area contributed by atoms with Gasteiger partial charge in [-0.1, -0.05) is 18.2 Å². The second-order valence-corrected chi connectivity index (χ2v) is 4.69. The van der Waals surface area contributed by atoms with E-state index in [1.165, 1.54) is 11.3 Å². The Kier molecular flexibility index (Phi) is 4.99. The van der Waals surface area contributed by atoms with Gasteiger partial charge in [0.25, 0.3) is 0 Å². The molecule has 1 saturated heterocycles. The Balaban J connectivity index is 1.97. The second-order valence-electron chi connectivity index (χ2n) is 4.69. The molecule has 1 aromatic rings. The fourth-order valence-electron chi connectivity index (χ4n) is 2.33. The topological polar surface area (TPSA) is 44.7 Å². The maximum atomic E-state index is 9.62. The van der Waals surface area contributed by atoms with E-state index in [2.05, 4.69) is 34.5 Å². The van der Waals surface area contributed by atoms with E-state index < -0.39 is 0 Å². The first-order valence-electron chi connectivity index (χ1n) is 6.52. The number of ether oxygens (including phenoxy) is 1. The van der Waals surface area contributed by atoms with Crippen molar-refractivity contribution in [2.75, 3.05) is 38.3 Å². The third kappa shape index (κ3) is 3.45. The number of hydrogen-bond acceptors (Lipinski definition) is 4. The highest BCUT2D eigenvalue weighted by molar-refractivity contribution is 5.54. The van der Waals surface area contributed by atoms with Gasteiger partial charge < -0.3 is 20.1 Å². The molecule has 18 heavy (non-hydrogen) atoms. The Morgan fingerprint density at radius 3 is 3.00 bits per heavy atom. The van der Waals surface area contributed by atoms with Crippen molar-refractivity contribution in [3.05, 3.63) is 29.8 Å². The fraction of sp³-hybridized carbons (Fsp3) is 0.571. The summed E-state index contributed by atoms with van der Waals surface area (Å²) in [5, 5.41) is 13.0. The number of nitrogens with one attached hydrogen (secondary N) is 1. The number of hydrogen-bond donors (Lipinski definition) is 2. The molecule has 0 radical (unpaired) electrons. The molecule has 0 amide bonds. The first kappa shape index (κ1) is 13.3. The molecular weight excluding hydrogens is 228 g/mol. The van der Waals surface area contributed by atoms with E-state index in [1.54, 1.807) is 7.11 Å². The van der Waals surface area contributed by atoms with E-state index in [4.69, 9.17) is 4.74 Å². The van der Waals surface area contributed by atoms with E-state index in [9.17, 15) is 5.11 Å². The second kappa shape index (κ2) is 6.73. The number of aliphatic hydroxyl groups excluding tert-OH is 1. The molecule has 4 heteroatoms. The van der Waals surface area contributed by atoms with E-state index in [-0.39, 0.29) is 6.10 Å². The van der Waals surface area contributed by atoms with Crippen LogP contribution >= 0.6 is 0 Å². The van der Waals surface area contributed by atoms with Crippen molar-refractivity contribution in [2.45, 2.75) is 19.1 Å². The summed E-state index contributed by atoms with van der Waals surface area (Å²) >= 11 is 0. The van der Waals surface area contributed by atoms with Gasteiger partial charge in [0.1, 0.15) is 0 Å². The zero-order valence-electron chi connectivity index (χ0n) is 10.9. The molecule has 0 spiro atoms. The van der Waals surface area contributed by atoms with Gasteiger partial charge >= 0.3 is 0 Å². The number of nitrogens with zero attached hydrogens (tertiary/aromatic N) is 1. The lowest BCUT2D eigenvalue weighted by atomic mass is 10.1. The Bertz CT molecular complexity index is 371. The third-order valence-electron chi connectivity index (χ3n) is 3.29. The van der Waals surface area contributed by atoms with Crippen molar-refractivity contribution >= 4 is 5.69 Å². The Hall–Kier alpha value is -1.10. The van der Waals surface area contributed by atoms with Gasteiger partial charge in [0.2, 0.25) is 0 Å². The number of anilines is 1. The summed E-state index contributed by atoms with van der Waals surface area (Å²) in [6.45, 7) is 4.11. The van der Waals surface area contributed by atoms with Gasteiger partial charge in [-0.05, 0) is 18.1 Å². The van der Waals surface area contributed by atoms with Crippen molar-refractivity contribution < 1.29 is 9.84 Å². The van der Waals surface area contributed by atoms with Crippen molar-refractivity contribution in [1.29, 1.82) is 0 Å². The van der Waals surface area contributed by atoms with Crippen LogP contribution in [0.2, 0.25) is 0 Å². The minimum absolute atomic E-state index is 0.181. The number of para-hydroxylation sites is 1. The van der Waals surface area contributed by atoms with Gasteiger partial charge in [-0.3, -0.25) is 0 Å². The van der Waals surface area contributed by atoms with Gasteiger partial charge in [-0.25, -0.2) is 0 Å². The van der Waals surface area contributed by atoms with Crippen LogP contribution in [-0.4, -0.2) is 44.6 Å². The van der Waals surface area contributed by atoms with Crippen LogP contribution in [0.25, 0.3) is 0 Å². The standard InChI is InChI=1S/C14H22N2O2/c1-18-9-7-15-10-12-4-2-3-5-14(12)16-8-6-13(17)11-16/h2-5,13,15,17H,6-11H2,1H3. The number of benzene rings is 1. The first-order valence-corrected chi connectivity index (χ1v) is 6.52. The molecule has 2 N–H and O–H groups in total. The summed E-state index contributed by atoms with van der Waals surface area (Å²) in [6, 6.07) is 8.38. The van der Waals surface area contributed by atoms with Gasteiger partial charge in [0.05, 0.1) is 12.7 Å². The van der Waals surface area contributed by atoms with Crippen LogP contribution < -0.4 is 10.2 Å². The lowest BCUT2D eigenvalue weighted by molar-refractivity contribution is 0.198. The van der Waals surface area contributed by atoms with E-state index in [0.29, 0.717) is 0 Å². The number of aliphatic hydroxyl groups is 1. The summed E-state index contributed by atoms with van der Waals surface area (Å²) in [7, 11) is 1.71. The van der Waals surface area contributed by atoms with Crippen LogP contribution in [0.4, 0.5) is 5.69 Å². The molecule has 1 fully saturated rings. The summed E-state index contributed by atoms with van der Waals surface area (Å²) in [6.07, 6.45) is 0.685. The molecule has 1 aliphatic rings. The Morgan fingerprint density at radius 1 is 1.44 bits per heavy atom. The molecule has 1 aliphatic heterocycles. The van der Waals surface area contributed by atoms with Crippen LogP contribution in [0.1, 0.15) is 12.0 Å².